The van der Waals surface area contributed by atoms with Gasteiger partial charge in [-0.05, 0) is 54.2 Å². The van der Waals surface area contributed by atoms with Gasteiger partial charge in [-0.25, -0.2) is 0 Å². The molecular formula is C20H22BrNO2. The molecule has 0 radical (unpaired) electrons. The first kappa shape index (κ1) is 16.0. The van der Waals surface area contributed by atoms with Gasteiger partial charge < -0.3 is 14.8 Å². The standard InChI is InChI=1S/C20H22BrNO2/c1-2-13-3-4-14-5-7-18(17(14)9-13)24-19-8-6-15(21)10-20(19)23-16-11-22-12-16/h3-4,6,8-10,16,18,22H,2,5,7,11-12H2,1H3. The van der Waals surface area contributed by atoms with Crippen LogP contribution in [0.3, 0.4) is 0 Å². The highest BCUT2D eigenvalue weighted by atomic mass is 79.9. The second kappa shape index (κ2) is 6.77. The molecular weight excluding hydrogens is 366 g/mol. The second-order valence-corrected chi connectivity index (χ2v) is 7.44. The lowest BCUT2D eigenvalue weighted by Crippen LogP contribution is -2.50. The van der Waals surface area contributed by atoms with Crippen molar-refractivity contribution in [3.8, 4) is 11.5 Å². The molecule has 2 aromatic carbocycles. The fourth-order valence-corrected chi connectivity index (χ4v) is 3.65. The molecule has 3 nitrogen and oxygen atoms in total. The molecule has 4 rings (SSSR count). The van der Waals surface area contributed by atoms with Crippen LogP contribution in [0.1, 0.15) is 36.1 Å². The van der Waals surface area contributed by atoms with Crippen LogP contribution in [0.4, 0.5) is 0 Å². The number of aryl methyl sites for hydroxylation is 2. The van der Waals surface area contributed by atoms with Gasteiger partial charge in [-0.15, -0.1) is 0 Å². The summed E-state index contributed by atoms with van der Waals surface area (Å²) in [5.41, 5.74) is 4.13. The van der Waals surface area contributed by atoms with Crippen molar-refractivity contribution >= 4 is 15.9 Å². The quantitative estimate of drug-likeness (QED) is 0.822. The lowest BCUT2D eigenvalue weighted by molar-refractivity contribution is 0.127. The molecule has 1 unspecified atom stereocenters. The first-order valence-corrected chi connectivity index (χ1v) is 9.47. The van der Waals surface area contributed by atoms with Gasteiger partial charge >= 0.3 is 0 Å². The lowest BCUT2D eigenvalue weighted by Gasteiger charge is -2.29. The van der Waals surface area contributed by atoms with E-state index in [2.05, 4.69) is 46.4 Å². The Hall–Kier alpha value is -1.52. The summed E-state index contributed by atoms with van der Waals surface area (Å²) in [5, 5.41) is 3.24. The molecule has 1 atom stereocenters. The Kier molecular flexibility index (Phi) is 4.51. The van der Waals surface area contributed by atoms with E-state index in [-0.39, 0.29) is 12.2 Å². The van der Waals surface area contributed by atoms with Crippen LogP contribution in [0, 0.1) is 0 Å². The average molecular weight is 388 g/mol. The fraction of sp³-hybridized carbons (Fsp3) is 0.400. The highest BCUT2D eigenvalue weighted by Gasteiger charge is 2.26. The third-order valence-corrected chi connectivity index (χ3v) is 5.35. The molecule has 2 aliphatic rings. The Bertz CT molecular complexity index is 742. The molecule has 0 saturated carbocycles. The molecule has 126 valence electrons. The molecule has 0 aromatic heterocycles. The zero-order valence-corrected chi connectivity index (χ0v) is 15.4. The maximum atomic E-state index is 6.39. The first-order chi connectivity index (χ1) is 11.7. The molecule has 24 heavy (non-hydrogen) atoms. The van der Waals surface area contributed by atoms with Crippen molar-refractivity contribution in [3.63, 3.8) is 0 Å². The number of hydrogen-bond acceptors (Lipinski definition) is 3. The van der Waals surface area contributed by atoms with Gasteiger partial charge in [-0.3, -0.25) is 0 Å². The molecule has 1 fully saturated rings. The van der Waals surface area contributed by atoms with E-state index in [1.807, 2.05) is 18.2 Å². The maximum absolute atomic E-state index is 6.39. The molecule has 1 heterocycles. The summed E-state index contributed by atoms with van der Waals surface area (Å²) in [6, 6.07) is 12.8. The summed E-state index contributed by atoms with van der Waals surface area (Å²) in [6.07, 6.45) is 3.53. The molecule has 1 aliphatic heterocycles. The fourth-order valence-electron chi connectivity index (χ4n) is 3.31. The van der Waals surface area contributed by atoms with Crippen molar-refractivity contribution < 1.29 is 9.47 Å². The van der Waals surface area contributed by atoms with Crippen LogP contribution in [0.15, 0.2) is 40.9 Å². The first-order valence-electron chi connectivity index (χ1n) is 8.68. The average Bonchev–Trinajstić information content (AvgIpc) is 2.95. The van der Waals surface area contributed by atoms with Crippen molar-refractivity contribution in [2.45, 2.75) is 38.4 Å². The summed E-state index contributed by atoms with van der Waals surface area (Å²) in [5.74, 6) is 1.67. The SMILES string of the molecule is CCc1ccc2c(c1)C(Oc1ccc(Br)cc1OC1CNC1)CC2. The minimum absolute atomic E-state index is 0.120. The lowest BCUT2D eigenvalue weighted by atomic mass is 10.0. The Morgan fingerprint density at radius 3 is 2.71 bits per heavy atom. The van der Waals surface area contributed by atoms with Crippen molar-refractivity contribution in [1.82, 2.24) is 5.32 Å². The highest BCUT2D eigenvalue weighted by molar-refractivity contribution is 9.10. The number of hydrogen-bond donors (Lipinski definition) is 1. The summed E-state index contributed by atoms with van der Waals surface area (Å²) >= 11 is 3.53. The zero-order chi connectivity index (χ0) is 16.5. The van der Waals surface area contributed by atoms with Crippen LogP contribution in [0.2, 0.25) is 0 Å². The number of nitrogens with one attached hydrogen (secondary N) is 1. The van der Waals surface area contributed by atoms with E-state index in [0.29, 0.717) is 0 Å². The second-order valence-electron chi connectivity index (χ2n) is 6.52. The largest absolute Gasteiger partial charge is 0.484 e. The van der Waals surface area contributed by atoms with Crippen LogP contribution in [0.25, 0.3) is 0 Å². The van der Waals surface area contributed by atoms with Gasteiger partial charge in [0.05, 0.1) is 0 Å². The molecule has 1 N–H and O–H groups in total. The van der Waals surface area contributed by atoms with Gasteiger partial charge in [0.2, 0.25) is 0 Å². The minimum Gasteiger partial charge on any atom is -0.484 e. The van der Waals surface area contributed by atoms with Gasteiger partial charge in [-0.1, -0.05) is 41.1 Å². The summed E-state index contributed by atoms with van der Waals surface area (Å²) in [6.45, 7) is 4.00. The summed E-state index contributed by atoms with van der Waals surface area (Å²) in [7, 11) is 0. The van der Waals surface area contributed by atoms with Gasteiger partial charge in [-0.2, -0.15) is 0 Å². The monoisotopic (exact) mass is 387 g/mol. The number of fused-ring (bicyclic) bond motifs is 1. The van der Waals surface area contributed by atoms with Crippen LogP contribution >= 0.6 is 15.9 Å². The zero-order valence-electron chi connectivity index (χ0n) is 13.8. The Morgan fingerprint density at radius 1 is 1.08 bits per heavy atom. The topological polar surface area (TPSA) is 30.5 Å². The van der Waals surface area contributed by atoms with Crippen LogP contribution in [0.5, 0.6) is 11.5 Å². The van der Waals surface area contributed by atoms with Gasteiger partial charge in [0, 0.05) is 17.6 Å². The van der Waals surface area contributed by atoms with Gasteiger partial charge in [0.25, 0.3) is 0 Å². The smallest absolute Gasteiger partial charge is 0.162 e. The van der Waals surface area contributed by atoms with Crippen LogP contribution in [-0.2, 0) is 12.8 Å². The van der Waals surface area contributed by atoms with Crippen molar-refractivity contribution in [1.29, 1.82) is 0 Å². The van der Waals surface area contributed by atoms with Gasteiger partial charge in [0.1, 0.15) is 12.2 Å². The molecule has 1 aliphatic carbocycles. The van der Waals surface area contributed by atoms with Crippen molar-refractivity contribution in [2.24, 2.45) is 0 Å². The summed E-state index contributed by atoms with van der Waals surface area (Å²) < 4.78 is 13.5. The predicted octanol–water partition coefficient (Wildman–Crippen LogP) is 4.43. The summed E-state index contributed by atoms with van der Waals surface area (Å²) in [4.78, 5) is 0. The van der Waals surface area contributed by atoms with E-state index in [1.165, 1.54) is 16.7 Å². The molecule has 4 heteroatoms. The molecule has 0 spiro atoms. The van der Waals surface area contributed by atoms with Crippen molar-refractivity contribution in [3.05, 3.63) is 57.6 Å². The Morgan fingerprint density at radius 2 is 1.96 bits per heavy atom. The number of halogens is 1. The Balaban J connectivity index is 1.58. The van der Waals surface area contributed by atoms with Crippen LogP contribution < -0.4 is 14.8 Å². The van der Waals surface area contributed by atoms with Crippen molar-refractivity contribution in [2.75, 3.05) is 13.1 Å². The third kappa shape index (κ3) is 3.17. The number of ether oxygens (including phenoxy) is 2. The van der Waals surface area contributed by atoms with E-state index in [0.717, 1.165) is 48.3 Å². The van der Waals surface area contributed by atoms with E-state index >= 15 is 0 Å². The van der Waals surface area contributed by atoms with Crippen LogP contribution in [-0.4, -0.2) is 19.2 Å². The molecule has 2 aromatic rings. The molecule has 0 amide bonds. The minimum atomic E-state index is 0.120. The van der Waals surface area contributed by atoms with E-state index < -0.39 is 0 Å². The van der Waals surface area contributed by atoms with E-state index in [4.69, 9.17) is 9.47 Å². The molecule has 1 saturated heterocycles. The van der Waals surface area contributed by atoms with E-state index in [9.17, 15) is 0 Å². The van der Waals surface area contributed by atoms with Gasteiger partial charge in [0.15, 0.2) is 11.5 Å². The van der Waals surface area contributed by atoms with E-state index in [1.54, 1.807) is 0 Å². The Labute approximate surface area is 151 Å². The predicted molar refractivity (Wildman–Crippen MR) is 98.9 cm³/mol. The highest BCUT2D eigenvalue weighted by Crippen LogP contribution is 2.40. The molecule has 0 bridgehead atoms. The normalized spacial score (nSPS) is 19.7. The third-order valence-electron chi connectivity index (χ3n) is 4.85. The number of rotatable bonds is 5. The maximum Gasteiger partial charge on any atom is 0.162 e. The number of benzene rings is 2.